The van der Waals surface area contributed by atoms with Gasteiger partial charge in [-0.2, -0.15) is 0 Å². The second kappa shape index (κ2) is 8.22. The summed E-state index contributed by atoms with van der Waals surface area (Å²) in [6, 6.07) is 19.3. The maximum Gasteiger partial charge on any atom is 0.266 e. The molecular weight excluding hydrogens is 427 g/mol. The number of fused-ring (bicyclic) bond motifs is 1. The first-order chi connectivity index (χ1) is 16.0. The molecule has 3 atom stereocenters. The van der Waals surface area contributed by atoms with E-state index in [4.69, 9.17) is 14.3 Å². The van der Waals surface area contributed by atoms with Crippen LogP contribution in [0, 0.1) is 11.7 Å². The Labute approximate surface area is 189 Å². The molecule has 0 aliphatic carbocycles. The van der Waals surface area contributed by atoms with Gasteiger partial charge in [-0.15, -0.1) is 0 Å². The average molecular weight is 448 g/mol. The molecule has 2 heterocycles. The van der Waals surface area contributed by atoms with Crippen LogP contribution in [0.5, 0.6) is 11.5 Å². The quantitative estimate of drug-likeness (QED) is 0.552. The maximum atomic E-state index is 13.6. The van der Waals surface area contributed by atoms with Crippen molar-refractivity contribution in [2.75, 3.05) is 24.2 Å². The summed E-state index contributed by atoms with van der Waals surface area (Å²) in [6.45, 7) is 0. The van der Waals surface area contributed by atoms with Gasteiger partial charge >= 0.3 is 0 Å². The number of hydroxylamine groups is 1. The van der Waals surface area contributed by atoms with Crippen LogP contribution in [0.25, 0.3) is 0 Å². The first-order valence-electron chi connectivity index (χ1n) is 10.4. The molecule has 2 aliphatic heterocycles. The zero-order valence-corrected chi connectivity index (χ0v) is 18.0. The number of methoxy groups -OCH3 is 2. The molecule has 3 aromatic carbocycles. The van der Waals surface area contributed by atoms with Crippen LogP contribution in [0.3, 0.4) is 0 Å². The van der Waals surface area contributed by atoms with E-state index in [0.29, 0.717) is 22.9 Å². The fraction of sp³-hybridized carbons (Fsp3) is 0.200. The first kappa shape index (κ1) is 21.0. The number of para-hydroxylation sites is 1. The molecule has 0 spiro atoms. The van der Waals surface area contributed by atoms with Gasteiger partial charge in [-0.25, -0.2) is 14.4 Å². The minimum atomic E-state index is -1.01. The van der Waals surface area contributed by atoms with E-state index in [1.165, 1.54) is 31.4 Å². The van der Waals surface area contributed by atoms with E-state index in [-0.39, 0.29) is 0 Å². The fourth-order valence-electron chi connectivity index (χ4n) is 4.43. The van der Waals surface area contributed by atoms with E-state index in [1.54, 1.807) is 24.3 Å². The van der Waals surface area contributed by atoms with E-state index in [1.807, 2.05) is 36.4 Å². The Morgan fingerprint density at radius 3 is 2.18 bits per heavy atom. The van der Waals surface area contributed by atoms with Gasteiger partial charge < -0.3 is 9.47 Å². The molecule has 2 saturated heterocycles. The van der Waals surface area contributed by atoms with E-state index >= 15 is 0 Å². The Hall–Kier alpha value is -3.91. The van der Waals surface area contributed by atoms with E-state index in [9.17, 15) is 14.0 Å². The highest BCUT2D eigenvalue weighted by Crippen LogP contribution is 2.48. The normalized spacial score (nSPS) is 22.0. The second-order valence-electron chi connectivity index (χ2n) is 7.76. The zero-order valence-electron chi connectivity index (χ0n) is 18.0. The third-order valence-corrected chi connectivity index (χ3v) is 5.96. The van der Waals surface area contributed by atoms with Gasteiger partial charge in [-0.05, 0) is 54.1 Å². The van der Waals surface area contributed by atoms with Crippen LogP contribution in [0.4, 0.5) is 15.8 Å². The predicted octanol–water partition coefficient (Wildman–Crippen LogP) is 3.89. The minimum Gasteiger partial charge on any atom is -0.493 e. The molecule has 3 aromatic rings. The minimum absolute atomic E-state index is 0.307. The van der Waals surface area contributed by atoms with Gasteiger partial charge in [0.25, 0.3) is 5.91 Å². The Balaban J connectivity index is 1.60. The number of hydrogen-bond donors (Lipinski definition) is 0. The van der Waals surface area contributed by atoms with Gasteiger partial charge in [0.2, 0.25) is 5.91 Å². The fourth-order valence-corrected chi connectivity index (χ4v) is 4.43. The number of anilines is 2. The Morgan fingerprint density at radius 2 is 1.52 bits per heavy atom. The number of hydrogen-bond acceptors (Lipinski definition) is 6. The number of rotatable bonds is 5. The van der Waals surface area contributed by atoms with Crippen LogP contribution in [-0.4, -0.2) is 32.1 Å². The SMILES string of the molecule is COc1ccc([C@H]2[C@H]3C(=O)N(c4ccc(F)cc4)C(=O)[C@H]3ON2c2ccccc2)cc1OC. The number of carbonyl (C=O) groups excluding carboxylic acids is 2. The highest BCUT2D eigenvalue weighted by atomic mass is 19.1. The maximum absolute atomic E-state index is 13.6. The van der Waals surface area contributed by atoms with Gasteiger partial charge in [-0.1, -0.05) is 24.3 Å². The second-order valence-corrected chi connectivity index (χ2v) is 7.76. The van der Waals surface area contributed by atoms with Crippen molar-refractivity contribution >= 4 is 23.2 Å². The molecule has 2 aliphatic rings. The van der Waals surface area contributed by atoms with Crippen LogP contribution in [0.2, 0.25) is 0 Å². The smallest absolute Gasteiger partial charge is 0.266 e. The molecule has 2 fully saturated rings. The summed E-state index contributed by atoms with van der Waals surface area (Å²) in [7, 11) is 3.08. The summed E-state index contributed by atoms with van der Waals surface area (Å²) < 4.78 is 24.2. The van der Waals surface area contributed by atoms with Gasteiger partial charge in [0.15, 0.2) is 17.6 Å². The molecule has 0 radical (unpaired) electrons. The van der Waals surface area contributed by atoms with Crippen molar-refractivity contribution in [3.8, 4) is 11.5 Å². The van der Waals surface area contributed by atoms with Crippen molar-refractivity contribution in [3.63, 3.8) is 0 Å². The first-order valence-corrected chi connectivity index (χ1v) is 10.4. The molecule has 8 heteroatoms. The lowest BCUT2D eigenvalue weighted by molar-refractivity contribution is -0.126. The summed E-state index contributed by atoms with van der Waals surface area (Å²) >= 11 is 0. The van der Waals surface area contributed by atoms with Crippen molar-refractivity contribution in [2.24, 2.45) is 5.92 Å². The van der Waals surface area contributed by atoms with Gasteiger partial charge in [0.1, 0.15) is 11.7 Å². The van der Waals surface area contributed by atoms with Crippen molar-refractivity contribution in [2.45, 2.75) is 12.1 Å². The average Bonchev–Trinajstić information content (AvgIpc) is 3.36. The highest BCUT2D eigenvalue weighted by molar-refractivity contribution is 6.23. The molecule has 2 amide bonds. The van der Waals surface area contributed by atoms with Crippen LogP contribution in [0.1, 0.15) is 11.6 Å². The van der Waals surface area contributed by atoms with Gasteiger partial charge in [-0.3, -0.25) is 14.4 Å². The Bertz CT molecular complexity index is 1200. The molecule has 0 saturated carbocycles. The zero-order chi connectivity index (χ0) is 23.1. The summed E-state index contributed by atoms with van der Waals surface area (Å²) in [6.07, 6.45) is -1.01. The lowest BCUT2D eigenvalue weighted by Crippen LogP contribution is -2.37. The van der Waals surface area contributed by atoms with Crippen molar-refractivity contribution in [1.82, 2.24) is 0 Å². The van der Waals surface area contributed by atoms with Crippen LogP contribution >= 0.6 is 0 Å². The molecule has 7 nitrogen and oxygen atoms in total. The van der Waals surface area contributed by atoms with E-state index in [0.717, 1.165) is 10.5 Å². The topological polar surface area (TPSA) is 68.3 Å². The lowest BCUT2D eigenvalue weighted by Gasteiger charge is -2.29. The summed E-state index contributed by atoms with van der Waals surface area (Å²) in [5, 5.41) is 1.61. The third kappa shape index (κ3) is 3.39. The number of ether oxygens (including phenoxy) is 2. The number of nitrogens with zero attached hydrogens (tertiary/aromatic N) is 2. The van der Waals surface area contributed by atoms with E-state index in [2.05, 4.69) is 0 Å². The summed E-state index contributed by atoms with van der Waals surface area (Å²) in [5.41, 5.74) is 1.74. The van der Waals surface area contributed by atoms with Gasteiger partial charge in [0.05, 0.1) is 31.6 Å². The van der Waals surface area contributed by atoms with Crippen molar-refractivity contribution in [1.29, 1.82) is 0 Å². The third-order valence-electron chi connectivity index (χ3n) is 5.96. The number of benzene rings is 3. The number of imide groups is 1. The van der Waals surface area contributed by atoms with Crippen LogP contribution < -0.4 is 19.4 Å². The molecule has 0 N–H and O–H groups in total. The van der Waals surface area contributed by atoms with Crippen LogP contribution in [-0.2, 0) is 14.4 Å². The van der Waals surface area contributed by atoms with Crippen LogP contribution in [0.15, 0.2) is 72.8 Å². The Kier molecular flexibility index (Phi) is 5.22. The van der Waals surface area contributed by atoms with Crippen molar-refractivity contribution in [3.05, 3.63) is 84.2 Å². The molecular formula is C25H21FN2O5. The largest absolute Gasteiger partial charge is 0.493 e. The molecule has 5 rings (SSSR count). The van der Waals surface area contributed by atoms with Gasteiger partial charge in [0, 0.05) is 0 Å². The lowest BCUT2D eigenvalue weighted by atomic mass is 9.90. The summed E-state index contributed by atoms with van der Waals surface area (Å²) in [5.74, 6) is -1.10. The molecule has 33 heavy (non-hydrogen) atoms. The molecule has 168 valence electrons. The predicted molar refractivity (Wildman–Crippen MR) is 118 cm³/mol. The highest BCUT2D eigenvalue weighted by Gasteiger charge is 2.60. The Morgan fingerprint density at radius 1 is 0.818 bits per heavy atom. The van der Waals surface area contributed by atoms with E-state index < -0.39 is 35.7 Å². The number of halogens is 1. The number of amides is 2. The van der Waals surface area contributed by atoms with Crippen molar-refractivity contribution < 1.29 is 28.3 Å². The summed E-state index contributed by atoms with van der Waals surface area (Å²) in [4.78, 5) is 34.0. The molecule has 0 unspecified atom stereocenters. The molecule has 0 bridgehead atoms. The number of carbonyl (C=O) groups is 2. The monoisotopic (exact) mass is 448 g/mol. The standard InChI is InChI=1S/C25H21FN2O5/c1-31-19-13-8-15(14-20(19)32-2)22-21-23(33-28(22)18-6-4-3-5-7-18)25(30)27(24(21)29)17-11-9-16(26)10-12-17/h3-14,21-23H,1-2H3/t21-,22+,23+/m1/s1. The molecule has 0 aromatic heterocycles.